The number of ether oxygens (including phenoxy) is 1. The summed E-state index contributed by atoms with van der Waals surface area (Å²) < 4.78 is 5.91. The van der Waals surface area contributed by atoms with Crippen LogP contribution in [0.3, 0.4) is 0 Å². The lowest BCUT2D eigenvalue weighted by atomic mass is 9.98. The van der Waals surface area contributed by atoms with E-state index in [1.54, 1.807) is 6.92 Å². The lowest BCUT2D eigenvalue weighted by molar-refractivity contribution is -0.152. The van der Waals surface area contributed by atoms with E-state index in [4.69, 9.17) is 4.74 Å². The Labute approximate surface area is 198 Å². The molecular weight excluding hydrogens is 424 g/mol. The maximum atomic E-state index is 14.8. The van der Waals surface area contributed by atoms with Gasteiger partial charge in [0.15, 0.2) is 8.07 Å². The van der Waals surface area contributed by atoms with Gasteiger partial charge in [-0.1, -0.05) is 126 Å². The summed E-state index contributed by atoms with van der Waals surface area (Å²) in [7, 11) is -3.00. The van der Waals surface area contributed by atoms with Crippen molar-refractivity contribution in [3.05, 3.63) is 96.6 Å². The second-order valence-electron chi connectivity index (χ2n) is 9.56. The maximum absolute atomic E-state index is 14.8. The van der Waals surface area contributed by atoms with Crippen LogP contribution in [0, 0.1) is 5.92 Å². The fourth-order valence-electron chi connectivity index (χ4n) is 4.87. The summed E-state index contributed by atoms with van der Waals surface area (Å²) in [4.78, 5) is 27.2. The van der Waals surface area contributed by atoms with E-state index in [0.717, 1.165) is 15.9 Å². The quantitative estimate of drug-likeness (QED) is 0.331. The van der Waals surface area contributed by atoms with Crippen molar-refractivity contribution >= 4 is 29.8 Å². The molecule has 3 aromatic carbocycles. The van der Waals surface area contributed by atoms with Gasteiger partial charge in [0.2, 0.25) is 0 Å². The number of hydrogen-bond acceptors (Lipinski definition) is 3. The van der Waals surface area contributed by atoms with Crippen molar-refractivity contribution in [1.29, 1.82) is 0 Å². The highest BCUT2D eigenvalue weighted by atomic mass is 28.3. The van der Waals surface area contributed by atoms with Gasteiger partial charge in [-0.05, 0) is 21.0 Å². The summed E-state index contributed by atoms with van der Waals surface area (Å²) in [6.07, 6.45) is -0.364. The first-order valence-corrected chi connectivity index (χ1v) is 13.6. The molecule has 0 fully saturated rings. The lowest BCUT2D eigenvalue weighted by Gasteiger charge is -2.44. The van der Waals surface area contributed by atoms with Crippen molar-refractivity contribution in [2.75, 3.05) is 0 Å². The van der Waals surface area contributed by atoms with Gasteiger partial charge in [-0.15, -0.1) is 0 Å². The molecule has 0 aliphatic rings. The zero-order valence-corrected chi connectivity index (χ0v) is 21.2. The second-order valence-corrected chi connectivity index (χ2v) is 14.2. The molecular formula is C29H34O3Si. The molecule has 33 heavy (non-hydrogen) atoms. The van der Waals surface area contributed by atoms with E-state index in [9.17, 15) is 9.59 Å². The molecule has 0 aromatic heterocycles. The molecule has 0 saturated carbocycles. The van der Waals surface area contributed by atoms with Crippen LogP contribution < -0.4 is 10.4 Å². The van der Waals surface area contributed by atoms with E-state index in [1.165, 1.54) is 0 Å². The first kappa shape index (κ1) is 24.7. The second kappa shape index (κ2) is 10.3. The number of esters is 1. The Morgan fingerprint density at radius 2 is 1.21 bits per heavy atom. The zero-order chi connectivity index (χ0) is 24.1. The number of carbonyl (C=O) groups is 2. The van der Waals surface area contributed by atoms with Gasteiger partial charge in [0.25, 0.3) is 0 Å². The summed E-state index contributed by atoms with van der Waals surface area (Å²) in [5, 5.41) is 2.02. The van der Waals surface area contributed by atoms with Crippen LogP contribution in [0.1, 0.15) is 52.7 Å². The van der Waals surface area contributed by atoms with Gasteiger partial charge in [0, 0.05) is 6.42 Å². The average molecular weight is 459 g/mol. The standard InChI is InChI=1S/C29H34O3Si/c1-6-26(30)32-27(23-16-10-7-11-17-23)22(2)28(31)33(29(3,4)5,24-18-12-8-13-19-24)25-20-14-9-15-21-25/h7-22,27H,6H2,1-5H3/t22-,27-/m0/s1. The van der Waals surface area contributed by atoms with Crippen LogP contribution in [0.4, 0.5) is 0 Å². The molecule has 172 valence electrons. The Kier molecular flexibility index (Phi) is 7.70. The van der Waals surface area contributed by atoms with Crippen molar-refractivity contribution < 1.29 is 14.3 Å². The van der Waals surface area contributed by atoms with Crippen molar-refractivity contribution in [1.82, 2.24) is 0 Å². The summed E-state index contributed by atoms with van der Waals surface area (Å²) in [5.41, 5.74) is 0.845. The SMILES string of the molecule is CCC(=O)O[C@H](c1ccccc1)[C@H](C)C(=O)[Si](c1ccccc1)(c1ccccc1)C(C)(C)C. The molecule has 0 unspecified atom stereocenters. The van der Waals surface area contributed by atoms with Crippen molar-refractivity contribution in [3.8, 4) is 0 Å². The third kappa shape index (κ3) is 4.86. The molecule has 3 rings (SSSR count). The number of benzene rings is 3. The van der Waals surface area contributed by atoms with Crippen LogP contribution in [0.15, 0.2) is 91.0 Å². The normalized spacial score (nSPS) is 13.7. The molecule has 2 atom stereocenters. The highest BCUT2D eigenvalue weighted by molar-refractivity contribution is 7.24. The van der Waals surface area contributed by atoms with Gasteiger partial charge in [-0.2, -0.15) is 0 Å². The van der Waals surface area contributed by atoms with E-state index < -0.39 is 20.1 Å². The van der Waals surface area contributed by atoms with Crippen molar-refractivity contribution in [2.24, 2.45) is 5.92 Å². The lowest BCUT2D eigenvalue weighted by Crippen LogP contribution is -2.71. The molecule has 4 heteroatoms. The third-order valence-corrected chi connectivity index (χ3v) is 12.3. The van der Waals surface area contributed by atoms with E-state index in [1.807, 2.05) is 73.7 Å². The Morgan fingerprint density at radius 1 is 0.788 bits per heavy atom. The van der Waals surface area contributed by atoms with Gasteiger partial charge in [-0.3, -0.25) is 4.79 Å². The average Bonchev–Trinajstić information content (AvgIpc) is 2.83. The molecule has 3 nitrogen and oxygen atoms in total. The minimum atomic E-state index is -3.00. The highest BCUT2D eigenvalue weighted by Crippen LogP contribution is 2.40. The van der Waals surface area contributed by atoms with Crippen molar-refractivity contribution in [3.63, 3.8) is 0 Å². The minimum Gasteiger partial charge on any atom is -0.457 e. The smallest absolute Gasteiger partial charge is 0.306 e. The molecule has 0 bridgehead atoms. The molecule has 0 aliphatic heterocycles. The maximum Gasteiger partial charge on any atom is 0.306 e. The molecule has 0 N–H and O–H groups in total. The van der Waals surface area contributed by atoms with E-state index in [2.05, 4.69) is 45.0 Å². The van der Waals surface area contributed by atoms with Crippen LogP contribution in [0.5, 0.6) is 0 Å². The third-order valence-electron chi connectivity index (χ3n) is 6.45. The molecule has 0 radical (unpaired) electrons. The zero-order valence-electron chi connectivity index (χ0n) is 20.2. The molecule has 0 amide bonds. The number of rotatable bonds is 8. The molecule has 0 aliphatic carbocycles. The molecule has 0 saturated heterocycles. The molecule has 0 heterocycles. The van der Waals surface area contributed by atoms with Crippen LogP contribution >= 0.6 is 0 Å². The topological polar surface area (TPSA) is 43.4 Å². The Balaban J connectivity index is 2.23. The van der Waals surface area contributed by atoms with E-state index >= 15 is 0 Å². The van der Waals surface area contributed by atoms with Crippen molar-refractivity contribution in [2.45, 2.75) is 52.2 Å². The minimum absolute atomic E-state index is 0.171. The predicted molar refractivity (Wildman–Crippen MR) is 137 cm³/mol. The van der Waals surface area contributed by atoms with Crippen LogP contribution in [0.2, 0.25) is 5.04 Å². The number of hydrogen-bond donors (Lipinski definition) is 0. The van der Waals surface area contributed by atoms with Crippen LogP contribution in [-0.2, 0) is 14.3 Å². The Hall–Kier alpha value is -2.98. The van der Waals surface area contributed by atoms with Gasteiger partial charge < -0.3 is 9.53 Å². The number of carbonyl (C=O) groups excluding carboxylic acids is 2. The summed E-state index contributed by atoms with van der Waals surface area (Å²) in [6, 6.07) is 30.0. The first-order valence-electron chi connectivity index (χ1n) is 11.6. The summed E-state index contributed by atoms with van der Waals surface area (Å²) >= 11 is 0. The van der Waals surface area contributed by atoms with Gasteiger partial charge >= 0.3 is 5.97 Å². The summed E-state index contributed by atoms with van der Waals surface area (Å²) in [6.45, 7) is 10.2. The fourth-order valence-corrected chi connectivity index (χ4v) is 10.5. The fraction of sp³-hybridized carbons (Fsp3) is 0.310. The van der Waals surface area contributed by atoms with Crippen LogP contribution in [-0.4, -0.2) is 19.4 Å². The Bertz CT molecular complexity index is 1020. The monoisotopic (exact) mass is 458 g/mol. The molecule has 0 spiro atoms. The largest absolute Gasteiger partial charge is 0.457 e. The first-order chi connectivity index (χ1) is 15.7. The molecule has 3 aromatic rings. The van der Waals surface area contributed by atoms with Gasteiger partial charge in [0.1, 0.15) is 11.5 Å². The van der Waals surface area contributed by atoms with Gasteiger partial charge in [-0.25, -0.2) is 0 Å². The van der Waals surface area contributed by atoms with Gasteiger partial charge in [0.05, 0.1) is 5.92 Å². The highest BCUT2D eigenvalue weighted by Gasteiger charge is 2.56. The Morgan fingerprint density at radius 3 is 1.61 bits per heavy atom. The van der Waals surface area contributed by atoms with E-state index in [0.29, 0.717) is 0 Å². The predicted octanol–water partition coefficient (Wildman–Crippen LogP) is 5.49. The van der Waals surface area contributed by atoms with E-state index in [-0.39, 0.29) is 22.8 Å². The summed E-state index contributed by atoms with van der Waals surface area (Å²) in [5.74, 6) is -0.805. The van der Waals surface area contributed by atoms with Crippen LogP contribution in [0.25, 0.3) is 0 Å².